The summed E-state index contributed by atoms with van der Waals surface area (Å²) < 4.78 is 41.3. The fraction of sp³-hybridized carbons (Fsp3) is 0.478. The third kappa shape index (κ3) is 7.06. The van der Waals surface area contributed by atoms with Crippen LogP contribution in [0, 0.1) is 6.92 Å². The Labute approximate surface area is 220 Å². The summed E-state index contributed by atoms with van der Waals surface area (Å²) in [5.41, 5.74) is -0.0312. The van der Waals surface area contributed by atoms with Crippen LogP contribution < -0.4 is 25.0 Å². The number of ether oxygens (including phenoxy) is 2. The molecule has 0 spiro atoms. The van der Waals surface area contributed by atoms with Gasteiger partial charge in [-0.25, -0.2) is 18.0 Å². The van der Waals surface area contributed by atoms with E-state index in [-0.39, 0.29) is 54.1 Å². The van der Waals surface area contributed by atoms with Gasteiger partial charge in [0.1, 0.15) is 22.4 Å². The van der Waals surface area contributed by atoms with Crippen molar-refractivity contribution in [2.75, 3.05) is 29.3 Å². The monoisotopic (exact) mass is 552 g/mol. The van der Waals surface area contributed by atoms with E-state index in [2.05, 4.69) is 21.0 Å². The number of nitrogens with one attached hydrogen (secondary N) is 3. The van der Waals surface area contributed by atoms with E-state index >= 15 is 0 Å². The van der Waals surface area contributed by atoms with Crippen LogP contribution in [0.2, 0.25) is 0 Å². The van der Waals surface area contributed by atoms with E-state index in [9.17, 15) is 22.8 Å². The lowest BCUT2D eigenvalue weighted by atomic mass is 10.2. The zero-order valence-electron chi connectivity index (χ0n) is 21.8. The first-order valence-corrected chi connectivity index (χ1v) is 13.2. The average Bonchev–Trinajstić information content (AvgIpc) is 3.16. The molecule has 0 fully saturated rings. The summed E-state index contributed by atoms with van der Waals surface area (Å²) in [5, 5.41) is 20.7. The molecule has 3 rings (SSSR count). The molecule has 1 aromatic carbocycles. The quantitative estimate of drug-likeness (QED) is 0.380. The first-order chi connectivity index (χ1) is 17.7. The maximum Gasteiger partial charge on any atom is 0.409 e. The van der Waals surface area contributed by atoms with Gasteiger partial charge in [-0.2, -0.15) is 5.10 Å². The molecule has 1 atom stereocenters. The number of aromatic nitrogens is 2. The Kier molecular flexibility index (Phi) is 8.39. The van der Waals surface area contributed by atoms with Gasteiger partial charge in [-0.3, -0.25) is 19.1 Å². The van der Waals surface area contributed by atoms with Gasteiger partial charge < -0.3 is 25.2 Å². The molecule has 0 aliphatic carbocycles. The van der Waals surface area contributed by atoms with E-state index in [1.165, 1.54) is 36.0 Å². The second kappa shape index (κ2) is 11.2. The molecule has 0 saturated carbocycles. The number of carbonyl (C=O) groups excluding carboxylic acids is 2. The highest BCUT2D eigenvalue weighted by atomic mass is 32.2. The molecular formula is C23H32N6O8S. The number of fused-ring (bicyclic) bond motifs is 1. The number of amides is 3. The minimum Gasteiger partial charge on any atom is -0.484 e. The van der Waals surface area contributed by atoms with Crippen LogP contribution >= 0.6 is 0 Å². The van der Waals surface area contributed by atoms with Gasteiger partial charge >= 0.3 is 12.2 Å². The summed E-state index contributed by atoms with van der Waals surface area (Å²) in [6.07, 6.45) is -1.39. The van der Waals surface area contributed by atoms with Crippen molar-refractivity contribution < 1.29 is 37.4 Å². The highest BCUT2D eigenvalue weighted by Gasteiger charge is 2.37. The van der Waals surface area contributed by atoms with E-state index in [1.807, 2.05) is 0 Å². The number of hydrogen-bond acceptors (Lipinski definition) is 8. The molecule has 14 nitrogen and oxygen atoms in total. The number of nitrogens with zero attached hydrogens (tertiary/aromatic N) is 3. The number of hydrogen-bond donors (Lipinski definition) is 4. The van der Waals surface area contributed by atoms with Gasteiger partial charge in [0.05, 0.1) is 37.2 Å². The Morgan fingerprint density at radius 3 is 2.58 bits per heavy atom. The van der Waals surface area contributed by atoms with Gasteiger partial charge in [0.2, 0.25) is 5.91 Å². The van der Waals surface area contributed by atoms with Crippen LogP contribution in [0.5, 0.6) is 5.75 Å². The van der Waals surface area contributed by atoms with Crippen LogP contribution in [0.25, 0.3) is 0 Å². The molecule has 2 aromatic rings. The fourth-order valence-corrected chi connectivity index (χ4v) is 5.37. The van der Waals surface area contributed by atoms with Crippen LogP contribution in [0.3, 0.4) is 0 Å². The molecule has 0 bridgehead atoms. The molecule has 38 heavy (non-hydrogen) atoms. The van der Waals surface area contributed by atoms with Crippen molar-refractivity contribution in [3.05, 3.63) is 30.1 Å². The summed E-state index contributed by atoms with van der Waals surface area (Å²) in [7, 11) is -4.20. The topological polar surface area (TPSA) is 181 Å². The van der Waals surface area contributed by atoms with E-state index < -0.39 is 33.9 Å². The summed E-state index contributed by atoms with van der Waals surface area (Å²) in [5.74, 6) is -0.0929. The Morgan fingerprint density at radius 2 is 1.95 bits per heavy atom. The number of benzene rings is 1. The van der Waals surface area contributed by atoms with Crippen molar-refractivity contribution in [3.8, 4) is 5.75 Å². The second-order valence-corrected chi connectivity index (χ2v) is 11.4. The van der Waals surface area contributed by atoms with Gasteiger partial charge in [0.15, 0.2) is 0 Å². The highest BCUT2D eigenvalue weighted by molar-refractivity contribution is 7.92. The minimum atomic E-state index is -4.20. The van der Waals surface area contributed by atoms with Gasteiger partial charge in [0.25, 0.3) is 10.0 Å². The van der Waals surface area contributed by atoms with Crippen LogP contribution in [-0.2, 0) is 26.1 Å². The molecule has 0 saturated heterocycles. The Balaban J connectivity index is 1.87. The molecule has 208 valence electrons. The summed E-state index contributed by atoms with van der Waals surface area (Å²) in [6, 6.07) is 4.27. The van der Waals surface area contributed by atoms with Crippen molar-refractivity contribution in [1.29, 1.82) is 0 Å². The lowest BCUT2D eigenvalue weighted by Gasteiger charge is -2.35. The van der Waals surface area contributed by atoms with Crippen LogP contribution in [-0.4, -0.2) is 72.7 Å². The molecule has 2 heterocycles. The minimum absolute atomic E-state index is 0.0600. The predicted octanol–water partition coefficient (Wildman–Crippen LogP) is 1.90. The molecule has 0 radical (unpaired) electrons. The van der Waals surface area contributed by atoms with E-state index in [0.29, 0.717) is 5.69 Å². The van der Waals surface area contributed by atoms with Crippen molar-refractivity contribution in [2.24, 2.45) is 0 Å². The van der Waals surface area contributed by atoms with Crippen LogP contribution in [0.1, 0.15) is 33.4 Å². The maximum atomic E-state index is 13.8. The standard InChI is InChI=1S/C23H32N6O8S/c1-14-20(12-26-28(14)9-8-24-22(33)37-23(3,4)5)38(34,35)29-13-17(11-25-15(2)30)36-19-7-6-16(10-18(19)29)27-21(31)32/h6-7,10,12,17,27H,8-9,11,13H2,1-5H3,(H,24,33)(H,25,30)(H,31,32)/t17-/m0/s1. The number of carboxylic acid groups (broad SMARTS) is 1. The Bertz CT molecular complexity index is 1320. The van der Waals surface area contributed by atoms with Gasteiger partial charge in [0, 0.05) is 19.2 Å². The van der Waals surface area contributed by atoms with Crippen molar-refractivity contribution in [1.82, 2.24) is 20.4 Å². The summed E-state index contributed by atoms with van der Waals surface area (Å²) in [6.45, 7) is 8.42. The predicted molar refractivity (Wildman–Crippen MR) is 137 cm³/mol. The third-order valence-electron chi connectivity index (χ3n) is 5.34. The van der Waals surface area contributed by atoms with Crippen molar-refractivity contribution in [2.45, 2.75) is 57.8 Å². The Morgan fingerprint density at radius 1 is 1.24 bits per heavy atom. The molecule has 0 unspecified atom stereocenters. The van der Waals surface area contributed by atoms with Gasteiger partial charge in [-0.05, 0) is 45.9 Å². The second-order valence-electron chi connectivity index (χ2n) is 9.57. The molecule has 15 heteroatoms. The van der Waals surface area contributed by atoms with Crippen LogP contribution in [0.4, 0.5) is 21.0 Å². The number of rotatable bonds is 8. The lowest BCUT2D eigenvalue weighted by Crippen LogP contribution is -2.48. The first-order valence-electron chi connectivity index (χ1n) is 11.7. The lowest BCUT2D eigenvalue weighted by molar-refractivity contribution is -0.119. The largest absolute Gasteiger partial charge is 0.484 e. The molecule has 4 N–H and O–H groups in total. The SMILES string of the molecule is CC(=O)NC[C@H]1CN(S(=O)(=O)c2cnn(CCNC(=O)OC(C)(C)C)c2C)c2cc(NC(=O)O)ccc2O1. The van der Waals surface area contributed by atoms with Gasteiger partial charge in [-0.1, -0.05) is 0 Å². The van der Waals surface area contributed by atoms with Gasteiger partial charge in [-0.15, -0.1) is 0 Å². The summed E-state index contributed by atoms with van der Waals surface area (Å²) >= 11 is 0. The smallest absolute Gasteiger partial charge is 0.409 e. The fourth-order valence-electron chi connectivity index (χ4n) is 3.71. The van der Waals surface area contributed by atoms with E-state index in [0.717, 1.165) is 4.31 Å². The molecule has 3 amide bonds. The maximum absolute atomic E-state index is 13.8. The number of anilines is 2. The Hall–Kier alpha value is -4.01. The number of sulfonamides is 1. The highest BCUT2D eigenvalue weighted by Crippen LogP contribution is 2.39. The average molecular weight is 553 g/mol. The molecule has 1 aromatic heterocycles. The number of alkyl carbamates (subject to hydrolysis) is 1. The van der Waals surface area contributed by atoms with E-state index in [1.54, 1.807) is 27.7 Å². The first kappa shape index (κ1) is 28.6. The molecule has 1 aliphatic heterocycles. The zero-order chi connectivity index (χ0) is 28.3. The van der Waals surface area contributed by atoms with E-state index in [4.69, 9.17) is 14.6 Å². The zero-order valence-corrected chi connectivity index (χ0v) is 22.6. The van der Waals surface area contributed by atoms with Crippen LogP contribution in [0.15, 0.2) is 29.3 Å². The third-order valence-corrected chi connectivity index (χ3v) is 7.22. The summed E-state index contributed by atoms with van der Waals surface area (Å²) in [4.78, 5) is 34.4. The molecular weight excluding hydrogens is 520 g/mol. The molecule has 1 aliphatic rings. The van der Waals surface area contributed by atoms with Crippen molar-refractivity contribution in [3.63, 3.8) is 0 Å². The normalized spacial score (nSPS) is 15.2. The van der Waals surface area contributed by atoms with Crippen molar-refractivity contribution >= 4 is 39.5 Å². The number of carbonyl (C=O) groups is 3.